The summed E-state index contributed by atoms with van der Waals surface area (Å²) in [4.78, 5) is 11.8. The Morgan fingerprint density at radius 3 is 2.62 bits per heavy atom. The van der Waals surface area contributed by atoms with E-state index in [9.17, 15) is 4.79 Å². The standard InChI is InChI=1S/C11H14ClN3O/c1-14-9-6-7(3-4-13)5-8(12)10(9)15(2)11(14)16/h5-6H,3-4,13H2,1-2H3. The quantitative estimate of drug-likeness (QED) is 0.851. The third-order valence-electron chi connectivity index (χ3n) is 2.81. The van der Waals surface area contributed by atoms with Gasteiger partial charge in [0.2, 0.25) is 0 Å². The lowest BCUT2D eigenvalue weighted by Crippen LogP contribution is -2.19. The van der Waals surface area contributed by atoms with Gasteiger partial charge in [0.25, 0.3) is 0 Å². The second kappa shape index (κ2) is 3.96. The minimum absolute atomic E-state index is 0.0678. The van der Waals surface area contributed by atoms with Crippen molar-refractivity contribution in [2.45, 2.75) is 6.42 Å². The lowest BCUT2D eigenvalue weighted by atomic mass is 10.1. The third kappa shape index (κ3) is 1.54. The number of aryl methyl sites for hydroxylation is 2. The summed E-state index contributed by atoms with van der Waals surface area (Å²) in [6.07, 6.45) is 0.763. The van der Waals surface area contributed by atoms with Crippen molar-refractivity contribution in [3.8, 4) is 0 Å². The Hall–Kier alpha value is -1.26. The zero-order valence-corrected chi connectivity index (χ0v) is 10.1. The molecule has 0 radical (unpaired) electrons. The van der Waals surface area contributed by atoms with Gasteiger partial charge in [-0.3, -0.25) is 9.13 Å². The van der Waals surface area contributed by atoms with Crippen LogP contribution < -0.4 is 11.4 Å². The summed E-state index contributed by atoms with van der Waals surface area (Å²) < 4.78 is 3.16. The van der Waals surface area contributed by atoms with Crippen molar-refractivity contribution in [3.05, 3.63) is 33.2 Å². The number of rotatable bonds is 2. The van der Waals surface area contributed by atoms with Crippen molar-refractivity contribution < 1.29 is 0 Å². The first-order valence-corrected chi connectivity index (χ1v) is 5.48. The Bertz CT molecular complexity index is 597. The minimum atomic E-state index is -0.0678. The molecule has 2 rings (SSSR count). The topological polar surface area (TPSA) is 53.0 Å². The van der Waals surface area contributed by atoms with Gasteiger partial charge in [0.15, 0.2) is 0 Å². The first-order valence-electron chi connectivity index (χ1n) is 5.10. The van der Waals surface area contributed by atoms with Crippen LogP contribution in [0.1, 0.15) is 5.56 Å². The summed E-state index contributed by atoms with van der Waals surface area (Å²) >= 11 is 6.17. The van der Waals surface area contributed by atoms with E-state index in [1.54, 1.807) is 23.2 Å². The van der Waals surface area contributed by atoms with Gasteiger partial charge in [-0.05, 0) is 30.7 Å². The Morgan fingerprint density at radius 2 is 2.00 bits per heavy atom. The molecule has 0 fully saturated rings. The molecule has 1 aromatic heterocycles. The van der Waals surface area contributed by atoms with Crippen molar-refractivity contribution >= 4 is 22.6 Å². The smallest absolute Gasteiger partial charge is 0.328 e. The van der Waals surface area contributed by atoms with Gasteiger partial charge in [-0.15, -0.1) is 0 Å². The maximum absolute atomic E-state index is 11.8. The van der Waals surface area contributed by atoms with Crippen molar-refractivity contribution in [1.82, 2.24) is 9.13 Å². The van der Waals surface area contributed by atoms with Crippen LogP contribution in [0.15, 0.2) is 16.9 Å². The van der Waals surface area contributed by atoms with Crippen LogP contribution in [-0.2, 0) is 20.5 Å². The lowest BCUT2D eigenvalue weighted by molar-refractivity contribution is 0.795. The van der Waals surface area contributed by atoms with E-state index in [2.05, 4.69) is 0 Å². The summed E-state index contributed by atoms with van der Waals surface area (Å²) in [6, 6.07) is 3.84. The molecular weight excluding hydrogens is 226 g/mol. The Balaban J connectivity index is 2.82. The van der Waals surface area contributed by atoms with Crippen molar-refractivity contribution in [2.24, 2.45) is 19.8 Å². The van der Waals surface area contributed by atoms with Crippen molar-refractivity contribution in [3.63, 3.8) is 0 Å². The summed E-state index contributed by atoms with van der Waals surface area (Å²) in [7, 11) is 3.46. The van der Waals surface area contributed by atoms with Crippen LogP contribution in [0.3, 0.4) is 0 Å². The number of nitrogens with zero attached hydrogens (tertiary/aromatic N) is 2. The molecule has 2 N–H and O–H groups in total. The predicted molar refractivity (Wildman–Crippen MR) is 65.9 cm³/mol. The zero-order valence-electron chi connectivity index (χ0n) is 9.33. The van der Waals surface area contributed by atoms with Crippen molar-refractivity contribution in [1.29, 1.82) is 0 Å². The molecule has 0 unspecified atom stereocenters. The van der Waals surface area contributed by atoms with Gasteiger partial charge in [-0.1, -0.05) is 11.6 Å². The molecule has 4 nitrogen and oxygen atoms in total. The number of hydrogen-bond acceptors (Lipinski definition) is 2. The average Bonchev–Trinajstić information content (AvgIpc) is 2.45. The molecule has 0 aliphatic heterocycles. The van der Waals surface area contributed by atoms with E-state index in [-0.39, 0.29) is 5.69 Å². The van der Waals surface area contributed by atoms with E-state index in [1.165, 1.54) is 0 Å². The SMILES string of the molecule is Cn1c(=O)n(C)c2c(Cl)cc(CCN)cc21. The highest BCUT2D eigenvalue weighted by atomic mass is 35.5. The summed E-state index contributed by atoms with van der Waals surface area (Å²) in [6.45, 7) is 0.572. The van der Waals surface area contributed by atoms with E-state index >= 15 is 0 Å². The average molecular weight is 240 g/mol. The highest BCUT2D eigenvalue weighted by Gasteiger charge is 2.11. The van der Waals surface area contributed by atoms with Gasteiger partial charge >= 0.3 is 5.69 Å². The second-order valence-electron chi connectivity index (χ2n) is 3.88. The predicted octanol–water partition coefficient (Wildman–Crippen LogP) is 1.03. The van der Waals surface area contributed by atoms with Gasteiger partial charge in [-0.25, -0.2) is 4.79 Å². The normalized spacial score (nSPS) is 11.2. The highest BCUT2D eigenvalue weighted by molar-refractivity contribution is 6.35. The molecule has 16 heavy (non-hydrogen) atoms. The maximum atomic E-state index is 11.8. The van der Waals surface area contributed by atoms with Crippen LogP contribution >= 0.6 is 11.6 Å². The second-order valence-corrected chi connectivity index (χ2v) is 4.29. The molecule has 2 aromatic rings. The Morgan fingerprint density at radius 1 is 1.31 bits per heavy atom. The minimum Gasteiger partial charge on any atom is -0.330 e. The van der Waals surface area contributed by atoms with Gasteiger partial charge in [0.1, 0.15) is 0 Å². The monoisotopic (exact) mass is 239 g/mol. The summed E-state index contributed by atoms with van der Waals surface area (Å²) in [5.74, 6) is 0. The van der Waals surface area contributed by atoms with E-state index in [0.717, 1.165) is 23.0 Å². The number of halogens is 1. The van der Waals surface area contributed by atoms with Crippen molar-refractivity contribution in [2.75, 3.05) is 6.54 Å². The molecule has 5 heteroatoms. The van der Waals surface area contributed by atoms with Crippen LogP contribution in [0.25, 0.3) is 11.0 Å². The number of benzene rings is 1. The number of imidazole rings is 1. The van der Waals surface area contributed by atoms with Gasteiger partial charge < -0.3 is 5.73 Å². The molecule has 1 heterocycles. The Labute approximate surface area is 98.2 Å². The van der Waals surface area contributed by atoms with E-state index in [1.807, 2.05) is 12.1 Å². The lowest BCUT2D eigenvalue weighted by Gasteiger charge is -2.03. The van der Waals surface area contributed by atoms with E-state index in [0.29, 0.717) is 11.6 Å². The molecule has 86 valence electrons. The number of hydrogen-bond donors (Lipinski definition) is 1. The van der Waals surface area contributed by atoms with E-state index < -0.39 is 0 Å². The molecule has 0 atom stereocenters. The van der Waals surface area contributed by atoms with Crippen LogP contribution in [0.2, 0.25) is 5.02 Å². The zero-order chi connectivity index (χ0) is 11.9. The largest absolute Gasteiger partial charge is 0.330 e. The summed E-state index contributed by atoms with van der Waals surface area (Å²) in [5, 5.41) is 0.598. The molecule has 1 aromatic carbocycles. The van der Waals surface area contributed by atoms with E-state index in [4.69, 9.17) is 17.3 Å². The fourth-order valence-corrected chi connectivity index (χ4v) is 2.33. The first-order chi connectivity index (χ1) is 7.56. The molecule has 0 saturated heterocycles. The summed E-state index contributed by atoms with van der Waals surface area (Å²) in [5.41, 5.74) is 8.12. The molecular formula is C11H14ClN3O. The maximum Gasteiger partial charge on any atom is 0.328 e. The van der Waals surface area contributed by atoms with Crippen LogP contribution in [-0.4, -0.2) is 15.7 Å². The number of aromatic nitrogens is 2. The van der Waals surface area contributed by atoms with Gasteiger partial charge in [-0.2, -0.15) is 0 Å². The molecule has 0 spiro atoms. The molecule has 0 saturated carbocycles. The van der Waals surface area contributed by atoms with Gasteiger partial charge in [0, 0.05) is 14.1 Å². The highest BCUT2D eigenvalue weighted by Crippen LogP contribution is 2.24. The van der Waals surface area contributed by atoms with Crippen LogP contribution in [0.4, 0.5) is 0 Å². The third-order valence-corrected chi connectivity index (χ3v) is 3.09. The molecule has 0 amide bonds. The molecule has 0 aliphatic carbocycles. The molecule has 0 bridgehead atoms. The fraction of sp³-hybridized carbons (Fsp3) is 0.364. The van der Waals surface area contributed by atoms with Crippen LogP contribution in [0, 0.1) is 0 Å². The first kappa shape index (κ1) is 11.2. The Kier molecular flexibility index (Phi) is 2.78. The van der Waals surface area contributed by atoms with Gasteiger partial charge in [0.05, 0.1) is 16.1 Å². The number of fused-ring (bicyclic) bond motifs is 1. The van der Waals surface area contributed by atoms with Crippen LogP contribution in [0.5, 0.6) is 0 Å². The number of nitrogens with two attached hydrogens (primary N) is 1. The fourth-order valence-electron chi connectivity index (χ4n) is 1.96. The molecule has 0 aliphatic rings.